The number of hydrogen-bond acceptors (Lipinski definition) is 2. The largest absolute Gasteiger partial charge is 0.465 e. The van der Waals surface area contributed by atoms with E-state index in [9.17, 15) is 18.0 Å². The van der Waals surface area contributed by atoms with Crippen LogP contribution in [0.25, 0.3) is 0 Å². The molecule has 1 amide bonds. The maximum atomic E-state index is 12.4. The summed E-state index contributed by atoms with van der Waals surface area (Å²) in [7, 11) is 0. The van der Waals surface area contributed by atoms with Crippen LogP contribution in [0.4, 0.5) is 23.7 Å². The van der Waals surface area contributed by atoms with Crippen molar-refractivity contribution in [1.82, 2.24) is 5.32 Å². The van der Waals surface area contributed by atoms with Gasteiger partial charge in [-0.05, 0) is 24.6 Å². The van der Waals surface area contributed by atoms with Crippen molar-refractivity contribution >= 4 is 11.8 Å². The Bertz CT molecular complexity index is 408. The lowest BCUT2D eigenvalue weighted by Gasteiger charge is -2.10. The van der Waals surface area contributed by atoms with E-state index in [0.717, 1.165) is 12.1 Å². The van der Waals surface area contributed by atoms with E-state index in [4.69, 9.17) is 5.11 Å². The summed E-state index contributed by atoms with van der Waals surface area (Å²) >= 11 is 0. The van der Waals surface area contributed by atoms with E-state index >= 15 is 0 Å². The molecule has 0 bridgehead atoms. The van der Waals surface area contributed by atoms with Gasteiger partial charge in [-0.25, -0.2) is 4.79 Å². The Morgan fingerprint density at radius 1 is 1.28 bits per heavy atom. The molecule has 1 aromatic carbocycles. The van der Waals surface area contributed by atoms with E-state index in [0.29, 0.717) is 18.7 Å². The van der Waals surface area contributed by atoms with Crippen LogP contribution in [-0.2, 0) is 6.18 Å². The highest BCUT2D eigenvalue weighted by Gasteiger charge is 2.30. The third kappa shape index (κ3) is 4.94. The van der Waals surface area contributed by atoms with Crippen molar-refractivity contribution in [2.24, 2.45) is 0 Å². The molecule has 0 unspecified atom stereocenters. The third-order valence-electron chi connectivity index (χ3n) is 2.15. The first-order chi connectivity index (χ1) is 8.39. The summed E-state index contributed by atoms with van der Waals surface area (Å²) in [6.45, 7) is 0.642. The van der Waals surface area contributed by atoms with E-state index in [2.05, 4.69) is 10.6 Å². The van der Waals surface area contributed by atoms with E-state index in [1.165, 1.54) is 12.1 Å². The Kier molecular flexibility index (Phi) is 4.82. The van der Waals surface area contributed by atoms with Gasteiger partial charge in [0.15, 0.2) is 0 Å². The van der Waals surface area contributed by atoms with Gasteiger partial charge in [-0.15, -0.1) is 0 Å². The second-order valence-corrected chi connectivity index (χ2v) is 3.59. The molecule has 0 aliphatic carbocycles. The molecule has 0 fully saturated rings. The monoisotopic (exact) mass is 262 g/mol. The molecular formula is C11H13F3N2O2. The van der Waals surface area contributed by atoms with Gasteiger partial charge in [0.2, 0.25) is 0 Å². The van der Waals surface area contributed by atoms with Crippen LogP contribution in [0.2, 0.25) is 0 Å². The Hall–Kier alpha value is -1.92. The Morgan fingerprint density at radius 2 is 2.00 bits per heavy atom. The summed E-state index contributed by atoms with van der Waals surface area (Å²) in [4.78, 5) is 10.1. The molecule has 18 heavy (non-hydrogen) atoms. The SMILES string of the molecule is O=C(O)NCCCNc1cccc(C(F)(F)F)c1. The molecule has 0 spiro atoms. The van der Waals surface area contributed by atoms with Crippen LogP contribution in [-0.4, -0.2) is 24.3 Å². The lowest BCUT2D eigenvalue weighted by molar-refractivity contribution is -0.137. The maximum Gasteiger partial charge on any atom is 0.416 e. The number of carboxylic acid groups (broad SMARTS) is 1. The molecule has 1 rings (SSSR count). The summed E-state index contributed by atoms with van der Waals surface area (Å²) in [5.41, 5.74) is -0.351. The summed E-state index contributed by atoms with van der Waals surface area (Å²) in [6.07, 6.45) is -4.99. The van der Waals surface area contributed by atoms with Crippen LogP contribution >= 0.6 is 0 Å². The predicted molar refractivity (Wildman–Crippen MR) is 60.6 cm³/mol. The zero-order valence-corrected chi connectivity index (χ0v) is 9.42. The topological polar surface area (TPSA) is 61.4 Å². The number of rotatable bonds is 5. The van der Waals surface area contributed by atoms with Gasteiger partial charge in [0.25, 0.3) is 0 Å². The highest BCUT2D eigenvalue weighted by Crippen LogP contribution is 2.30. The molecule has 0 radical (unpaired) electrons. The summed E-state index contributed by atoms with van der Waals surface area (Å²) in [5, 5.41) is 13.3. The molecule has 0 heterocycles. The Balaban J connectivity index is 2.41. The predicted octanol–water partition coefficient (Wildman–Crippen LogP) is 2.78. The smallest absolute Gasteiger partial charge is 0.416 e. The van der Waals surface area contributed by atoms with Crippen LogP contribution in [0.3, 0.4) is 0 Å². The zero-order valence-electron chi connectivity index (χ0n) is 9.42. The molecule has 4 nitrogen and oxygen atoms in total. The van der Waals surface area contributed by atoms with Gasteiger partial charge >= 0.3 is 12.3 Å². The maximum absolute atomic E-state index is 12.4. The fraction of sp³-hybridized carbons (Fsp3) is 0.364. The second kappa shape index (κ2) is 6.13. The number of halogens is 3. The number of amides is 1. The lowest BCUT2D eigenvalue weighted by atomic mass is 10.2. The van der Waals surface area contributed by atoms with Gasteiger partial charge in [-0.2, -0.15) is 13.2 Å². The van der Waals surface area contributed by atoms with Gasteiger partial charge in [-0.3, -0.25) is 0 Å². The summed E-state index contributed by atoms with van der Waals surface area (Å²) < 4.78 is 37.2. The van der Waals surface area contributed by atoms with Crippen molar-refractivity contribution in [2.45, 2.75) is 12.6 Å². The minimum absolute atomic E-state index is 0.251. The average Bonchev–Trinajstić information content (AvgIpc) is 2.27. The number of benzene rings is 1. The quantitative estimate of drug-likeness (QED) is 0.715. The minimum Gasteiger partial charge on any atom is -0.465 e. The van der Waals surface area contributed by atoms with Crippen LogP contribution in [0, 0.1) is 0 Å². The van der Waals surface area contributed by atoms with Crippen molar-refractivity contribution in [2.75, 3.05) is 18.4 Å². The van der Waals surface area contributed by atoms with Crippen LogP contribution in [0.1, 0.15) is 12.0 Å². The molecule has 0 atom stereocenters. The summed E-state index contributed by atoms with van der Waals surface area (Å²) in [5.74, 6) is 0. The molecule has 0 saturated carbocycles. The van der Waals surface area contributed by atoms with Gasteiger partial charge in [0.05, 0.1) is 5.56 Å². The third-order valence-corrected chi connectivity index (χ3v) is 2.15. The van der Waals surface area contributed by atoms with Crippen LogP contribution in [0.5, 0.6) is 0 Å². The molecule has 0 aromatic heterocycles. The first kappa shape index (κ1) is 14.1. The normalized spacial score (nSPS) is 11.1. The Morgan fingerprint density at radius 3 is 2.61 bits per heavy atom. The first-order valence-corrected chi connectivity index (χ1v) is 5.27. The molecular weight excluding hydrogens is 249 g/mol. The second-order valence-electron chi connectivity index (χ2n) is 3.59. The minimum atomic E-state index is -4.36. The molecule has 0 aliphatic heterocycles. The van der Waals surface area contributed by atoms with Crippen LogP contribution < -0.4 is 10.6 Å². The standard InChI is InChI=1S/C11H13F3N2O2/c12-11(13,14)8-3-1-4-9(7-8)15-5-2-6-16-10(17)18/h1,3-4,7,15-16H,2,5-6H2,(H,17,18). The first-order valence-electron chi connectivity index (χ1n) is 5.27. The Labute approximate surface area is 102 Å². The van der Waals surface area contributed by atoms with Gasteiger partial charge in [0, 0.05) is 18.8 Å². The highest BCUT2D eigenvalue weighted by molar-refractivity contribution is 5.64. The summed E-state index contributed by atoms with van der Waals surface area (Å²) in [6, 6.07) is 4.86. The fourth-order valence-corrected chi connectivity index (χ4v) is 1.32. The number of anilines is 1. The van der Waals surface area contributed by atoms with Crippen molar-refractivity contribution in [1.29, 1.82) is 0 Å². The lowest BCUT2D eigenvalue weighted by Crippen LogP contribution is -2.23. The van der Waals surface area contributed by atoms with E-state index < -0.39 is 17.8 Å². The van der Waals surface area contributed by atoms with Crippen molar-refractivity contribution in [3.05, 3.63) is 29.8 Å². The molecule has 1 aromatic rings. The van der Waals surface area contributed by atoms with Crippen LogP contribution in [0.15, 0.2) is 24.3 Å². The molecule has 3 N–H and O–H groups in total. The van der Waals surface area contributed by atoms with Gasteiger partial charge in [0.1, 0.15) is 0 Å². The number of nitrogens with one attached hydrogen (secondary N) is 2. The van der Waals surface area contributed by atoms with E-state index in [1.807, 2.05) is 0 Å². The van der Waals surface area contributed by atoms with Crippen molar-refractivity contribution in [3.8, 4) is 0 Å². The molecule has 100 valence electrons. The van der Waals surface area contributed by atoms with Gasteiger partial charge < -0.3 is 15.7 Å². The van der Waals surface area contributed by atoms with Crippen molar-refractivity contribution < 1.29 is 23.1 Å². The molecule has 0 saturated heterocycles. The molecule has 0 aliphatic rings. The molecule has 7 heteroatoms. The number of hydrogen-bond donors (Lipinski definition) is 3. The van der Waals surface area contributed by atoms with E-state index in [1.54, 1.807) is 0 Å². The number of alkyl halides is 3. The number of carbonyl (C=O) groups is 1. The van der Waals surface area contributed by atoms with Crippen molar-refractivity contribution in [3.63, 3.8) is 0 Å². The average molecular weight is 262 g/mol. The van der Waals surface area contributed by atoms with Gasteiger partial charge in [-0.1, -0.05) is 6.07 Å². The van der Waals surface area contributed by atoms with E-state index in [-0.39, 0.29) is 6.54 Å². The highest BCUT2D eigenvalue weighted by atomic mass is 19.4. The zero-order chi connectivity index (χ0) is 13.6. The fourth-order valence-electron chi connectivity index (χ4n) is 1.32.